The zero-order valence-electron chi connectivity index (χ0n) is 15.7. The second kappa shape index (κ2) is 7.56. The van der Waals surface area contributed by atoms with Gasteiger partial charge in [-0.1, -0.05) is 26.0 Å². The molecule has 0 bridgehead atoms. The predicted molar refractivity (Wildman–Crippen MR) is 99.4 cm³/mol. The lowest BCUT2D eigenvalue weighted by Gasteiger charge is -2.34. The third-order valence-electron chi connectivity index (χ3n) is 5.29. The van der Waals surface area contributed by atoms with Crippen LogP contribution in [-0.2, 0) is 14.8 Å². The molecule has 1 amide bonds. The van der Waals surface area contributed by atoms with Crippen molar-refractivity contribution in [2.45, 2.75) is 44.0 Å². The molecule has 26 heavy (non-hydrogen) atoms. The number of rotatable bonds is 6. The molecular weight excluding hydrogens is 352 g/mol. The van der Waals surface area contributed by atoms with Crippen LogP contribution in [0.1, 0.15) is 33.1 Å². The van der Waals surface area contributed by atoms with Gasteiger partial charge in [0.15, 0.2) is 0 Å². The molecule has 6 nitrogen and oxygen atoms in total. The van der Waals surface area contributed by atoms with Crippen LogP contribution in [0, 0.1) is 11.8 Å². The number of methoxy groups -OCH3 is 1. The van der Waals surface area contributed by atoms with Crippen LogP contribution in [0.25, 0.3) is 0 Å². The number of para-hydroxylation sites is 1. The van der Waals surface area contributed by atoms with Crippen LogP contribution in [0.15, 0.2) is 29.2 Å². The van der Waals surface area contributed by atoms with Gasteiger partial charge in [0.05, 0.1) is 7.11 Å². The number of hydrogen-bond acceptors (Lipinski definition) is 4. The zero-order valence-corrected chi connectivity index (χ0v) is 16.5. The van der Waals surface area contributed by atoms with Gasteiger partial charge in [0.1, 0.15) is 10.6 Å². The Kier molecular flexibility index (Phi) is 5.58. The number of amides is 1. The number of benzene rings is 1. The van der Waals surface area contributed by atoms with Crippen LogP contribution in [0.3, 0.4) is 0 Å². The molecule has 0 spiro atoms. The van der Waals surface area contributed by atoms with Crippen molar-refractivity contribution in [3.05, 3.63) is 24.3 Å². The minimum atomic E-state index is -3.72. The second-order valence-electron chi connectivity index (χ2n) is 7.56. The van der Waals surface area contributed by atoms with Gasteiger partial charge in [-0.15, -0.1) is 0 Å². The van der Waals surface area contributed by atoms with Gasteiger partial charge < -0.3 is 9.64 Å². The molecule has 0 N–H and O–H groups in total. The first-order valence-electron chi connectivity index (χ1n) is 9.27. The van der Waals surface area contributed by atoms with E-state index in [2.05, 4.69) is 13.8 Å². The lowest BCUT2D eigenvalue weighted by Crippen LogP contribution is -2.48. The van der Waals surface area contributed by atoms with Crippen LogP contribution < -0.4 is 4.74 Å². The molecule has 2 aliphatic rings. The summed E-state index contributed by atoms with van der Waals surface area (Å²) in [5.41, 5.74) is 0. The van der Waals surface area contributed by atoms with E-state index in [0.29, 0.717) is 18.2 Å². The van der Waals surface area contributed by atoms with E-state index < -0.39 is 10.0 Å². The van der Waals surface area contributed by atoms with E-state index in [1.165, 1.54) is 11.4 Å². The Morgan fingerprint density at radius 2 is 1.92 bits per heavy atom. The second-order valence-corrected chi connectivity index (χ2v) is 9.47. The van der Waals surface area contributed by atoms with Gasteiger partial charge in [0.25, 0.3) is 0 Å². The number of sulfonamides is 1. The molecule has 144 valence electrons. The Bertz CT molecular complexity index is 759. The van der Waals surface area contributed by atoms with Gasteiger partial charge in [-0.05, 0) is 36.8 Å². The van der Waals surface area contributed by atoms with Crippen molar-refractivity contribution in [3.8, 4) is 5.75 Å². The fraction of sp³-hybridized carbons (Fsp3) is 0.632. The zero-order chi connectivity index (χ0) is 18.9. The van der Waals surface area contributed by atoms with Gasteiger partial charge in [-0.25, -0.2) is 8.42 Å². The topological polar surface area (TPSA) is 66.9 Å². The third-order valence-corrected chi connectivity index (χ3v) is 7.20. The van der Waals surface area contributed by atoms with Crippen LogP contribution in [-0.4, -0.2) is 56.3 Å². The number of nitrogens with zero attached hydrogens (tertiary/aromatic N) is 2. The Balaban J connectivity index is 1.91. The molecule has 1 aliphatic heterocycles. The van der Waals surface area contributed by atoms with Crippen molar-refractivity contribution in [3.63, 3.8) is 0 Å². The summed E-state index contributed by atoms with van der Waals surface area (Å²) in [6.07, 6.45) is 2.56. The highest BCUT2D eigenvalue weighted by molar-refractivity contribution is 7.89. The Morgan fingerprint density at radius 3 is 2.54 bits per heavy atom. The lowest BCUT2D eigenvalue weighted by molar-refractivity contribution is -0.133. The summed E-state index contributed by atoms with van der Waals surface area (Å²) >= 11 is 0. The fourth-order valence-electron chi connectivity index (χ4n) is 3.52. The van der Waals surface area contributed by atoms with E-state index in [0.717, 1.165) is 19.4 Å². The summed E-state index contributed by atoms with van der Waals surface area (Å²) in [6, 6.07) is 6.55. The standard InChI is InChI=1S/C19H28N2O4S/c1-14(2)16-13-20(11-10-19(22)21(16)12-15-8-9-15)26(23,24)18-7-5-4-6-17(18)25-3/h4-7,14-16H,8-13H2,1-3H3/t16-/m0/s1. The van der Waals surface area contributed by atoms with Crippen molar-refractivity contribution in [1.29, 1.82) is 0 Å². The Morgan fingerprint density at radius 1 is 1.23 bits per heavy atom. The van der Waals surface area contributed by atoms with Crippen molar-refractivity contribution in [1.82, 2.24) is 9.21 Å². The van der Waals surface area contributed by atoms with Crippen LogP contribution in [0.4, 0.5) is 0 Å². The molecule has 1 atom stereocenters. The summed E-state index contributed by atoms with van der Waals surface area (Å²) in [5.74, 6) is 1.16. The molecule has 1 aliphatic carbocycles. The molecular formula is C19H28N2O4S. The number of carbonyl (C=O) groups is 1. The molecule has 2 fully saturated rings. The van der Waals surface area contributed by atoms with E-state index in [4.69, 9.17) is 4.74 Å². The fourth-order valence-corrected chi connectivity index (χ4v) is 5.14. The van der Waals surface area contributed by atoms with Crippen molar-refractivity contribution >= 4 is 15.9 Å². The van der Waals surface area contributed by atoms with Crippen molar-refractivity contribution in [2.75, 3.05) is 26.7 Å². The van der Waals surface area contributed by atoms with Gasteiger partial charge >= 0.3 is 0 Å². The van der Waals surface area contributed by atoms with E-state index in [1.807, 2.05) is 4.90 Å². The molecule has 3 rings (SSSR count). The lowest BCUT2D eigenvalue weighted by atomic mass is 10.0. The van der Waals surface area contributed by atoms with Crippen molar-refractivity contribution < 1.29 is 17.9 Å². The first-order chi connectivity index (χ1) is 12.3. The predicted octanol–water partition coefficient (Wildman–Crippen LogP) is 2.35. The normalized spacial score (nSPS) is 22.5. The van der Waals surface area contributed by atoms with Crippen LogP contribution in [0.5, 0.6) is 5.75 Å². The first kappa shape index (κ1) is 19.2. The Labute approximate surface area is 156 Å². The first-order valence-corrected chi connectivity index (χ1v) is 10.7. The SMILES string of the molecule is COc1ccccc1S(=O)(=O)N1CCC(=O)N(CC2CC2)[C@H](C(C)C)C1. The number of ether oxygens (including phenoxy) is 1. The summed E-state index contributed by atoms with van der Waals surface area (Å²) in [5, 5.41) is 0. The summed E-state index contributed by atoms with van der Waals surface area (Å²) in [6.45, 7) is 5.40. The highest BCUT2D eigenvalue weighted by atomic mass is 32.2. The highest BCUT2D eigenvalue weighted by Gasteiger charge is 2.39. The van der Waals surface area contributed by atoms with Crippen LogP contribution in [0.2, 0.25) is 0 Å². The average molecular weight is 381 g/mol. The monoisotopic (exact) mass is 380 g/mol. The number of hydrogen-bond donors (Lipinski definition) is 0. The molecule has 1 aromatic carbocycles. The average Bonchev–Trinajstić information content (AvgIpc) is 3.44. The largest absolute Gasteiger partial charge is 0.495 e. The molecule has 1 saturated heterocycles. The minimum absolute atomic E-state index is 0.0633. The molecule has 1 heterocycles. The van der Waals surface area contributed by atoms with E-state index in [-0.39, 0.29) is 35.7 Å². The maximum atomic E-state index is 13.3. The molecule has 0 radical (unpaired) electrons. The van der Waals surface area contributed by atoms with Gasteiger partial charge in [0.2, 0.25) is 15.9 Å². The molecule has 0 aromatic heterocycles. The summed E-state index contributed by atoms with van der Waals surface area (Å²) < 4.78 is 33.2. The summed E-state index contributed by atoms with van der Waals surface area (Å²) in [7, 11) is -2.26. The van der Waals surface area contributed by atoms with Gasteiger partial charge in [-0.3, -0.25) is 4.79 Å². The maximum Gasteiger partial charge on any atom is 0.246 e. The maximum absolute atomic E-state index is 13.3. The highest BCUT2D eigenvalue weighted by Crippen LogP contribution is 2.33. The van der Waals surface area contributed by atoms with Gasteiger partial charge in [0, 0.05) is 32.1 Å². The smallest absolute Gasteiger partial charge is 0.246 e. The minimum Gasteiger partial charge on any atom is -0.495 e. The molecule has 7 heteroatoms. The molecule has 1 saturated carbocycles. The molecule has 0 unspecified atom stereocenters. The number of carbonyl (C=O) groups excluding carboxylic acids is 1. The van der Waals surface area contributed by atoms with Crippen LogP contribution >= 0.6 is 0 Å². The van der Waals surface area contributed by atoms with E-state index in [1.54, 1.807) is 24.3 Å². The van der Waals surface area contributed by atoms with Crippen molar-refractivity contribution in [2.24, 2.45) is 11.8 Å². The third kappa shape index (κ3) is 3.88. The Hall–Kier alpha value is -1.60. The van der Waals surface area contributed by atoms with E-state index >= 15 is 0 Å². The molecule has 1 aromatic rings. The van der Waals surface area contributed by atoms with Gasteiger partial charge in [-0.2, -0.15) is 4.31 Å². The summed E-state index contributed by atoms with van der Waals surface area (Å²) in [4.78, 5) is 14.8. The van der Waals surface area contributed by atoms with E-state index in [9.17, 15) is 13.2 Å². The quantitative estimate of drug-likeness (QED) is 0.760.